The molecule has 5 nitrogen and oxygen atoms in total. The topological polar surface area (TPSA) is 71.1 Å². The maximum Gasteiger partial charge on any atom is 0.223 e. The van der Waals surface area contributed by atoms with Crippen molar-refractivity contribution in [2.45, 2.75) is 33.2 Å². The number of hydrogen-bond acceptors (Lipinski definition) is 4. The fourth-order valence-corrected chi connectivity index (χ4v) is 2.58. The molecule has 104 valence electrons. The first kappa shape index (κ1) is 14.0. The lowest BCUT2D eigenvalue weighted by atomic mass is 10.3. The smallest absolute Gasteiger partial charge is 0.223 e. The van der Waals surface area contributed by atoms with Crippen molar-refractivity contribution in [2.75, 3.05) is 6.54 Å². The maximum atomic E-state index is 11.6. The van der Waals surface area contributed by atoms with Gasteiger partial charge in [-0.1, -0.05) is 6.92 Å². The van der Waals surface area contributed by atoms with E-state index < -0.39 is 0 Å². The molecule has 2 N–H and O–H groups in total. The Morgan fingerprint density at radius 3 is 2.79 bits per heavy atom. The number of carbonyl (C=O) groups excluding carboxylic acids is 2. The highest BCUT2D eigenvalue weighted by molar-refractivity contribution is 7.09. The lowest BCUT2D eigenvalue weighted by Gasteiger charge is -2.05. The summed E-state index contributed by atoms with van der Waals surface area (Å²) in [6.45, 7) is 4.86. The molecule has 1 aliphatic rings. The Morgan fingerprint density at radius 2 is 2.21 bits per heavy atom. The van der Waals surface area contributed by atoms with Gasteiger partial charge >= 0.3 is 0 Å². The molecule has 2 atom stereocenters. The summed E-state index contributed by atoms with van der Waals surface area (Å²) in [5.74, 6) is 0.691. The Bertz CT molecular complexity index is 472. The second-order valence-corrected chi connectivity index (χ2v) is 5.96. The predicted molar refractivity (Wildman–Crippen MR) is 73.6 cm³/mol. The quantitative estimate of drug-likeness (QED) is 0.824. The summed E-state index contributed by atoms with van der Waals surface area (Å²) >= 11 is 1.54. The van der Waals surface area contributed by atoms with Crippen LogP contribution < -0.4 is 10.6 Å². The van der Waals surface area contributed by atoms with E-state index in [1.807, 2.05) is 12.3 Å². The van der Waals surface area contributed by atoms with Gasteiger partial charge in [0, 0.05) is 30.0 Å². The molecule has 0 bridgehead atoms. The molecule has 1 aromatic rings. The van der Waals surface area contributed by atoms with Crippen molar-refractivity contribution in [2.24, 2.45) is 11.8 Å². The summed E-state index contributed by atoms with van der Waals surface area (Å²) in [5.41, 5.74) is 0.972. The average molecular weight is 281 g/mol. The summed E-state index contributed by atoms with van der Waals surface area (Å²) in [6, 6.07) is 0. The van der Waals surface area contributed by atoms with E-state index in [4.69, 9.17) is 0 Å². The number of thiazole rings is 1. The van der Waals surface area contributed by atoms with Crippen LogP contribution in [-0.4, -0.2) is 23.3 Å². The Labute approximate surface area is 116 Å². The van der Waals surface area contributed by atoms with Crippen molar-refractivity contribution in [1.82, 2.24) is 15.6 Å². The number of aromatic nitrogens is 1. The molecule has 0 radical (unpaired) electrons. The lowest BCUT2D eigenvalue weighted by molar-refractivity contribution is -0.123. The minimum atomic E-state index is -0.0583. The van der Waals surface area contributed by atoms with Crippen molar-refractivity contribution in [3.8, 4) is 0 Å². The van der Waals surface area contributed by atoms with Gasteiger partial charge in [-0.15, -0.1) is 11.3 Å². The maximum absolute atomic E-state index is 11.6. The van der Waals surface area contributed by atoms with Crippen LogP contribution in [0.5, 0.6) is 0 Å². The number of amides is 2. The third kappa shape index (κ3) is 4.31. The van der Waals surface area contributed by atoms with Crippen LogP contribution in [0.25, 0.3) is 0 Å². The van der Waals surface area contributed by atoms with Gasteiger partial charge in [-0.3, -0.25) is 9.59 Å². The van der Waals surface area contributed by atoms with Crippen molar-refractivity contribution in [3.05, 3.63) is 16.1 Å². The van der Waals surface area contributed by atoms with Crippen LogP contribution in [0.1, 0.15) is 30.5 Å². The van der Waals surface area contributed by atoms with E-state index in [0.29, 0.717) is 25.4 Å². The molecule has 0 saturated heterocycles. The van der Waals surface area contributed by atoms with E-state index in [-0.39, 0.29) is 17.7 Å². The zero-order valence-electron chi connectivity index (χ0n) is 11.2. The highest BCUT2D eigenvalue weighted by atomic mass is 32.1. The third-order valence-electron chi connectivity index (χ3n) is 3.20. The molecular formula is C13H19N3O2S. The molecular weight excluding hydrogens is 262 g/mol. The fraction of sp³-hybridized carbons (Fsp3) is 0.615. The molecule has 0 spiro atoms. The number of nitrogens with one attached hydrogen (secondary N) is 2. The minimum absolute atomic E-state index is 0.0583. The molecule has 0 unspecified atom stereocenters. The number of carbonyl (C=O) groups is 2. The third-order valence-corrected chi connectivity index (χ3v) is 4.17. The summed E-state index contributed by atoms with van der Waals surface area (Å²) < 4.78 is 0. The van der Waals surface area contributed by atoms with Crippen LogP contribution in [-0.2, 0) is 16.1 Å². The average Bonchev–Trinajstić information content (AvgIpc) is 2.95. The van der Waals surface area contributed by atoms with E-state index in [1.54, 1.807) is 0 Å². The van der Waals surface area contributed by atoms with Gasteiger partial charge < -0.3 is 10.6 Å². The monoisotopic (exact) mass is 281 g/mol. The first-order valence-corrected chi connectivity index (χ1v) is 7.39. The largest absolute Gasteiger partial charge is 0.355 e. The van der Waals surface area contributed by atoms with Gasteiger partial charge in [0.1, 0.15) is 5.01 Å². The Morgan fingerprint density at radius 1 is 1.47 bits per heavy atom. The van der Waals surface area contributed by atoms with Crippen LogP contribution in [0.2, 0.25) is 0 Å². The summed E-state index contributed by atoms with van der Waals surface area (Å²) in [7, 11) is 0. The molecule has 0 aliphatic heterocycles. The number of hydrogen-bond donors (Lipinski definition) is 2. The number of aryl methyl sites for hydroxylation is 1. The van der Waals surface area contributed by atoms with E-state index in [1.165, 1.54) is 11.3 Å². The molecule has 19 heavy (non-hydrogen) atoms. The molecule has 0 aromatic carbocycles. The zero-order chi connectivity index (χ0) is 13.8. The first-order chi connectivity index (χ1) is 9.06. The van der Waals surface area contributed by atoms with Crippen LogP contribution in [0, 0.1) is 18.8 Å². The predicted octanol–water partition coefficient (Wildman–Crippen LogP) is 1.23. The fourth-order valence-electron chi connectivity index (χ4n) is 1.86. The van der Waals surface area contributed by atoms with Crippen molar-refractivity contribution >= 4 is 23.2 Å². The Hall–Kier alpha value is -1.43. The Balaban J connectivity index is 1.58. The van der Waals surface area contributed by atoms with E-state index >= 15 is 0 Å². The molecule has 1 saturated carbocycles. The standard InChI is InChI=1S/C13H19N3O2S/c1-8-5-10(8)13(18)14-4-3-11(17)15-6-12-16-9(2)7-19-12/h7-8,10H,3-6H2,1-2H3,(H,14,18)(H,15,17)/t8-,10-/m1/s1. The second-order valence-electron chi connectivity index (χ2n) is 5.02. The van der Waals surface area contributed by atoms with Crippen LogP contribution in [0.4, 0.5) is 0 Å². The van der Waals surface area contributed by atoms with Crippen LogP contribution in [0.15, 0.2) is 5.38 Å². The van der Waals surface area contributed by atoms with Crippen LogP contribution >= 0.6 is 11.3 Å². The normalized spacial score (nSPS) is 20.9. The van der Waals surface area contributed by atoms with Gasteiger partial charge in [0.2, 0.25) is 11.8 Å². The molecule has 1 heterocycles. The molecule has 1 fully saturated rings. The lowest BCUT2D eigenvalue weighted by Crippen LogP contribution is -2.31. The van der Waals surface area contributed by atoms with Gasteiger partial charge in [0.25, 0.3) is 0 Å². The van der Waals surface area contributed by atoms with Crippen LogP contribution in [0.3, 0.4) is 0 Å². The van der Waals surface area contributed by atoms with Crippen molar-refractivity contribution < 1.29 is 9.59 Å². The van der Waals surface area contributed by atoms with Gasteiger partial charge in [-0.2, -0.15) is 0 Å². The Kier molecular flexibility index (Phi) is 4.52. The van der Waals surface area contributed by atoms with E-state index in [9.17, 15) is 9.59 Å². The summed E-state index contributed by atoms with van der Waals surface area (Å²) in [4.78, 5) is 27.4. The molecule has 1 aliphatic carbocycles. The van der Waals surface area contributed by atoms with Crippen molar-refractivity contribution in [3.63, 3.8) is 0 Å². The van der Waals surface area contributed by atoms with E-state index in [0.717, 1.165) is 17.1 Å². The zero-order valence-corrected chi connectivity index (χ0v) is 12.0. The highest BCUT2D eigenvalue weighted by Gasteiger charge is 2.38. The van der Waals surface area contributed by atoms with Gasteiger partial charge in [-0.25, -0.2) is 4.98 Å². The molecule has 2 amide bonds. The minimum Gasteiger partial charge on any atom is -0.355 e. The summed E-state index contributed by atoms with van der Waals surface area (Å²) in [6.07, 6.45) is 1.29. The first-order valence-electron chi connectivity index (χ1n) is 6.51. The molecule has 2 rings (SSSR count). The van der Waals surface area contributed by atoms with Gasteiger partial charge in [-0.05, 0) is 19.3 Å². The van der Waals surface area contributed by atoms with Crippen molar-refractivity contribution in [1.29, 1.82) is 0 Å². The summed E-state index contributed by atoms with van der Waals surface area (Å²) in [5, 5.41) is 8.45. The van der Waals surface area contributed by atoms with Gasteiger partial charge in [0.05, 0.1) is 6.54 Å². The number of nitrogens with zero attached hydrogens (tertiary/aromatic N) is 1. The number of rotatable bonds is 6. The highest BCUT2D eigenvalue weighted by Crippen LogP contribution is 2.37. The molecule has 6 heteroatoms. The van der Waals surface area contributed by atoms with E-state index in [2.05, 4.69) is 22.5 Å². The second kappa shape index (κ2) is 6.14. The SMILES string of the molecule is Cc1csc(CNC(=O)CCNC(=O)[C@@H]2C[C@H]2C)n1. The molecule has 1 aromatic heterocycles. The van der Waals surface area contributed by atoms with Gasteiger partial charge in [0.15, 0.2) is 0 Å².